The fourth-order valence-electron chi connectivity index (χ4n) is 1.96. The lowest BCUT2D eigenvalue weighted by Crippen LogP contribution is -2.11. The van der Waals surface area contributed by atoms with Gasteiger partial charge >= 0.3 is 12.1 Å². The number of esters is 1. The summed E-state index contributed by atoms with van der Waals surface area (Å²) >= 11 is 0. The maximum absolute atomic E-state index is 12.3. The van der Waals surface area contributed by atoms with E-state index in [0.29, 0.717) is 0 Å². The fraction of sp³-hybridized carbons (Fsp3) is 0.462. The first-order valence-electron chi connectivity index (χ1n) is 5.83. The smallest absolute Gasteiger partial charge is 0.416 e. The molecule has 104 valence electrons. The maximum Gasteiger partial charge on any atom is 0.416 e. The van der Waals surface area contributed by atoms with Gasteiger partial charge in [0.2, 0.25) is 0 Å². The van der Waals surface area contributed by atoms with Crippen molar-refractivity contribution in [2.45, 2.75) is 19.2 Å². The minimum atomic E-state index is -4.42. The second-order valence-electron chi connectivity index (χ2n) is 4.65. The van der Waals surface area contributed by atoms with Crippen molar-refractivity contribution in [3.8, 4) is 0 Å². The summed E-state index contributed by atoms with van der Waals surface area (Å²) in [5.74, 6) is -0.650. The zero-order chi connectivity index (χ0) is 14.2. The molecule has 0 aromatic heterocycles. The third-order valence-electron chi connectivity index (χ3n) is 3.38. The Hall–Kier alpha value is -1.56. The third kappa shape index (κ3) is 2.89. The average molecular weight is 274 g/mol. The van der Waals surface area contributed by atoms with Gasteiger partial charge in [-0.15, -0.1) is 0 Å². The number of ether oxygens (including phenoxy) is 1. The van der Waals surface area contributed by atoms with Crippen LogP contribution in [0.5, 0.6) is 0 Å². The molecule has 3 nitrogen and oxygen atoms in total. The summed E-state index contributed by atoms with van der Waals surface area (Å²) in [6.45, 7) is 1.78. The van der Waals surface area contributed by atoms with Crippen molar-refractivity contribution in [1.82, 2.24) is 0 Å². The molecule has 0 bridgehead atoms. The van der Waals surface area contributed by atoms with Gasteiger partial charge in [-0.1, -0.05) is 6.92 Å². The SMILES string of the molecule is CC1C(CO)C1OC(=O)c1ccc(C(F)(F)F)cc1. The molecule has 3 unspecified atom stereocenters. The van der Waals surface area contributed by atoms with E-state index in [-0.39, 0.29) is 30.1 Å². The predicted octanol–water partition coefficient (Wildman–Crippen LogP) is 2.49. The van der Waals surface area contributed by atoms with E-state index in [0.717, 1.165) is 24.3 Å². The number of aliphatic hydroxyl groups is 1. The Bertz CT molecular complexity index is 467. The first-order valence-corrected chi connectivity index (χ1v) is 5.83. The van der Waals surface area contributed by atoms with Gasteiger partial charge in [0.15, 0.2) is 0 Å². The number of hydrogen-bond donors (Lipinski definition) is 1. The molecule has 1 N–H and O–H groups in total. The normalized spacial score (nSPS) is 26.1. The summed E-state index contributed by atoms with van der Waals surface area (Å²) in [4.78, 5) is 11.7. The summed E-state index contributed by atoms with van der Waals surface area (Å²) in [5, 5.41) is 8.94. The first kappa shape index (κ1) is 13.9. The van der Waals surface area contributed by atoms with Crippen LogP contribution in [0.3, 0.4) is 0 Å². The van der Waals surface area contributed by atoms with E-state index in [4.69, 9.17) is 9.84 Å². The molecule has 0 saturated heterocycles. The van der Waals surface area contributed by atoms with Gasteiger partial charge in [-0.2, -0.15) is 13.2 Å². The van der Waals surface area contributed by atoms with E-state index < -0.39 is 17.7 Å². The summed E-state index contributed by atoms with van der Waals surface area (Å²) in [5.41, 5.74) is -0.735. The van der Waals surface area contributed by atoms with Crippen molar-refractivity contribution in [2.75, 3.05) is 6.61 Å². The van der Waals surface area contributed by atoms with Crippen LogP contribution in [-0.2, 0) is 10.9 Å². The molecule has 0 amide bonds. The van der Waals surface area contributed by atoms with Crippen LogP contribution in [0.4, 0.5) is 13.2 Å². The van der Waals surface area contributed by atoms with Crippen molar-refractivity contribution < 1.29 is 27.8 Å². The van der Waals surface area contributed by atoms with Crippen molar-refractivity contribution >= 4 is 5.97 Å². The van der Waals surface area contributed by atoms with Crippen LogP contribution in [0, 0.1) is 11.8 Å². The zero-order valence-corrected chi connectivity index (χ0v) is 10.1. The van der Waals surface area contributed by atoms with Gasteiger partial charge in [0.05, 0.1) is 11.1 Å². The highest BCUT2D eigenvalue weighted by Crippen LogP contribution is 2.41. The Morgan fingerprint density at radius 2 is 1.89 bits per heavy atom. The van der Waals surface area contributed by atoms with Crippen molar-refractivity contribution in [1.29, 1.82) is 0 Å². The van der Waals surface area contributed by atoms with E-state index in [1.807, 2.05) is 6.92 Å². The highest BCUT2D eigenvalue weighted by atomic mass is 19.4. The molecule has 1 fully saturated rings. The van der Waals surface area contributed by atoms with Crippen LogP contribution in [0.2, 0.25) is 0 Å². The largest absolute Gasteiger partial charge is 0.458 e. The molecule has 0 spiro atoms. The van der Waals surface area contributed by atoms with E-state index in [1.165, 1.54) is 0 Å². The number of alkyl halides is 3. The van der Waals surface area contributed by atoms with E-state index >= 15 is 0 Å². The lowest BCUT2D eigenvalue weighted by Gasteiger charge is -2.08. The lowest BCUT2D eigenvalue weighted by atomic mass is 10.1. The molecule has 1 saturated carbocycles. The second kappa shape index (κ2) is 4.85. The molecule has 3 atom stereocenters. The molecule has 2 rings (SSSR count). The van der Waals surface area contributed by atoms with Crippen LogP contribution in [0.1, 0.15) is 22.8 Å². The number of halogens is 3. The minimum absolute atomic E-state index is 0.0634. The van der Waals surface area contributed by atoms with Crippen molar-refractivity contribution in [2.24, 2.45) is 11.8 Å². The number of hydrogen-bond acceptors (Lipinski definition) is 3. The second-order valence-corrected chi connectivity index (χ2v) is 4.65. The Morgan fingerprint density at radius 3 is 2.32 bits per heavy atom. The number of aliphatic hydroxyl groups excluding tert-OH is 1. The Kier molecular flexibility index (Phi) is 3.54. The van der Waals surface area contributed by atoms with Crippen LogP contribution in [-0.4, -0.2) is 23.8 Å². The van der Waals surface area contributed by atoms with Gasteiger partial charge in [0.25, 0.3) is 0 Å². The Labute approximate surface area is 108 Å². The van der Waals surface area contributed by atoms with Gasteiger partial charge in [0, 0.05) is 18.4 Å². The molecule has 1 aliphatic rings. The molecule has 0 heterocycles. The fourth-order valence-corrected chi connectivity index (χ4v) is 1.96. The van der Waals surface area contributed by atoms with Crippen LogP contribution < -0.4 is 0 Å². The van der Waals surface area contributed by atoms with Crippen LogP contribution in [0.15, 0.2) is 24.3 Å². The zero-order valence-electron chi connectivity index (χ0n) is 10.1. The summed E-state index contributed by atoms with van der Waals surface area (Å²) in [7, 11) is 0. The molecule has 0 aliphatic heterocycles. The van der Waals surface area contributed by atoms with Crippen LogP contribution >= 0.6 is 0 Å². The number of rotatable bonds is 3. The van der Waals surface area contributed by atoms with E-state index in [1.54, 1.807) is 0 Å². The third-order valence-corrected chi connectivity index (χ3v) is 3.38. The summed E-state index contributed by atoms with van der Waals surface area (Å²) in [6.07, 6.45) is -4.77. The number of carbonyl (C=O) groups excluding carboxylic acids is 1. The quantitative estimate of drug-likeness (QED) is 0.861. The topological polar surface area (TPSA) is 46.5 Å². The lowest BCUT2D eigenvalue weighted by molar-refractivity contribution is -0.137. The maximum atomic E-state index is 12.3. The van der Waals surface area contributed by atoms with Crippen LogP contribution in [0.25, 0.3) is 0 Å². The van der Waals surface area contributed by atoms with Gasteiger partial charge in [-0.3, -0.25) is 0 Å². The van der Waals surface area contributed by atoms with E-state index in [2.05, 4.69) is 0 Å². The molecule has 0 radical (unpaired) electrons. The highest BCUT2D eigenvalue weighted by Gasteiger charge is 2.49. The van der Waals surface area contributed by atoms with Crippen molar-refractivity contribution in [3.05, 3.63) is 35.4 Å². The molecule has 1 aliphatic carbocycles. The summed E-state index contributed by atoms with van der Waals surface area (Å²) < 4.78 is 42.1. The number of benzene rings is 1. The Morgan fingerprint density at radius 1 is 1.32 bits per heavy atom. The Balaban J connectivity index is 2.01. The van der Waals surface area contributed by atoms with Gasteiger partial charge in [0.1, 0.15) is 6.10 Å². The molecular formula is C13H13F3O3. The molecule has 19 heavy (non-hydrogen) atoms. The molecule has 6 heteroatoms. The predicted molar refractivity (Wildman–Crippen MR) is 60.4 cm³/mol. The van der Waals surface area contributed by atoms with Gasteiger partial charge in [-0.25, -0.2) is 4.79 Å². The molecular weight excluding hydrogens is 261 g/mol. The van der Waals surface area contributed by atoms with Crippen molar-refractivity contribution in [3.63, 3.8) is 0 Å². The molecule has 1 aromatic carbocycles. The standard InChI is InChI=1S/C13H13F3O3/c1-7-10(6-17)11(7)19-12(18)8-2-4-9(5-3-8)13(14,15)16/h2-5,7,10-11,17H,6H2,1H3. The monoisotopic (exact) mass is 274 g/mol. The summed E-state index contributed by atoms with van der Waals surface area (Å²) in [6, 6.07) is 3.87. The first-order chi connectivity index (χ1) is 8.84. The molecule has 1 aromatic rings. The van der Waals surface area contributed by atoms with Gasteiger partial charge in [-0.05, 0) is 24.3 Å². The van der Waals surface area contributed by atoms with E-state index in [9.17, 15) is 18.0 Å². The number of carbonyl (C=O) groups is 1. The van der Waals surface area contributed by atoms with Gasteiger partial charge < -0.3 is 9.84 Å². The minimum Gasteiger partial charge on any atom is -0.458 e. The highest BCUT2D eigenvalue weighted by molar-refractivity contribution is 5.89. The average Bonchev–Trinajstić information content (AvgIpc) is 2.97.